The Bertz CT molecular complexity index is 831. The second kappa shape index (κ2) is 7.69. The van der Waals surface area contributed by atoms with E-state index in [0.29, 0.717) is 11.3 Å². The van der Waals surface area contributed by atoms with Crippen molar-refractivity contribution in [1.82, 2.24) is 0 Å². The van der Waals surface area contributed by atoms with Gasteiger partial charge in [0.2, 0.25) is 0 Å². The minimum absolute atomic E-state index is 0.214. The number of aliphatic imine (C=N–C) groups is 2. The zero-order valence-electron chi connectivity index (χ0n) is 12.9. The van der Waals surface area contributed by atoms with Gasteiger partial charge in [0.1, 0.15) is 0 Å². The van der Waals surface area contributed by atoms with Gasteiger partial charge in [-0.25, -0.2) is 9.98 Å². The quantitative estimate of drug-likeness (QED) is 0.456. The molecule has 3 rings (SSSR count). The number of hydrogen-bond acceptors (Lipinski definition) is 2. The highest BCUT2D eigenvalue weighted by Gasteiger charge is 2.04. The normalized spacial score (nSPS) is 12.0. The van der Waals surface area contributed by atoms with E-state index in [1.165, 1.54) is 0 Å². The number of aromatic nitrogens is 1. The highest BCUT2D eigenvalue weighted by Crippen LogP contribution is 2.10. The highest BCUT2D eigenvalue weighted by molar-refractivity contribution is 6.02. The molecule has 0 aliphatic carbocycles. The van der Waals surface area contributed by atoms with E-state index < -0.39 is 0 Å². The van der Waals surface area contributed by atoms with Crippen LogP contribution in [0.4, 0.5) is 5.69 Å². The largest absolute Gasteiger partial charge is 0.858 e. The number of benzene rings is 2. The first-order valence-corrected chi connectivity index (χ1v) is 7.49. The van der Waals surface area contributed by atoms with Crippen molar-refractivity contribution < 1.29 is 9.78 Å². The second-order valence-electron chi connectivity index (χ2n) is 4.95. The van der Waals surface area contributed by atoms with Crippen LogP contribution in [0.15, 0.2) is 101 Å². The summed E-state index contributed by atoms with van der Waals surface area (Å²) in [6, 6.07) is 23.9. The van der Waals surface area contributed by atoms with Gasteiger partial charge >= 0.3 is 0 Å². The van der Waals surface area contributed by atoms with Crippen LogP contribution < -0.4 is 15.2 Å². The third kappa shape index (κ3) is 4.27. The molecule has 5 nitrogen and oxygen atoms in total. The maximum atomic E-state index is 12.3. The summed E-state index contributed by atoms with van der Waals surface area (Å²) in [6.45, 7) is 0. The fourth-order valence-corrected chi connectivity index (χ4v) is 2.03. The fourth-order valence-electron chi connectivity index (χ4n) is 2.03. The van der Waals surface area contributed by atoms with Crippen LogP contribution in [0, 0.1) is 0 Å². The smallest absolute Gasteiger partial charge is 0.279 e. The molecule has 0 saturated heterocycles. The van der Waals surface area contributed by atoms with Gasteiger partial charge in [0.25, 0.3) is 5.96 Å². The van der Waals surface area contributed by atoms with Gasteiger partial charge in [-0.3, -0.25) is 0 Å². The molecular formula is C19H16N4O. The Morgan fingerprint density at radius 3 is 2.04 bits per heavy atom. The molecule has 0 bridgehead atoms. The molecule has 0 unspecified atom stereocenters. The molecule has 0 aliphatic rings. The lowest BCUT2D eigenvalue weighted by Crippen LogP contribution is -2.47. The Kier molecular flexibility index (Phi) is 4.94. The summed E-state index contributed by atoms with van der Waals surface area (Å²) in [6.07, 6.45) is 3.62. The number of para-hydroxylation sites is 1. The Morgan fingerprint density at radius 1 is 0.792 bits per heavy atom. The minimum atomic E-state index is -0.352. The maximum Gasteiger partial charge on any atom is 0.279 e. The average Bonchev–Trinajstić information content (AvgIpc) is 2.64. The summed E-state index contributed by atoms with van der Waals surface area (Å²) < 4.78 is 1.68. The first-order valence-electron chi connectivity index (χ1n) is 7.49. The monoisotopic (exact) mass is 316 g/mol. The zero-order chi connectivity index (χ0) is 16.6. The van der Waals surface area contributed by atoms with Gasteiger partial charge in [-0.1, -0.05) is 59.3 Å². The predicted octanol–water partition coefficient (Wildman–Crippen LogP) is 2.01. The first-order chi connectivity index (χ1) is 11.8. The predicted molar refractivity (Wildman–Crippen MR) is 92.5 cm³/mol. The highest BCUT2D eigenvalue weighted by atomic mass is 16.3. The molecule has 0 spiro atoms. The van der Waals surface area contributed by atoms with Gasteiger partial charge in [-0.2, -0.15) is 0 Å². The van der Waals surface area contributed by atoms with Crippen LogP contribution in [0.3, 0.4) is 0 Å². The molecule has 1 aromatic heterocycles. The molecular weight excluding hydrogens is 300 g/mol. The first kappa shape index (κ1) is 15.4. The summed E-state index contributed by atoms with van der Waals surface area (Å²) in [7, 11) is 0. The number of nitrogens with zero attached hydrogens (tertiary/aromatic N) is 3. The molecule has 0 radical (unpaired) electrons. The summed E-state index contributed by atoms with van der Waals surface area (Å²) in [4.78, 5) is 8.53. The lowest BCUT2D eigenvalue weighted by molar-refractivity contribution is -0.640. The minimum Gasteiger partial charge on any atom is -0.858 e. The van der Waals surface area contributed by atoms with Crippen LogP contribution in [0.1, 0.15) is 5.56 Å². The summed E-state index contributed by atoms with van der Waals surface area (Å²) in [5.74, 6) is -0.138. The van der Waals surface area contributed by atoms with Gasteiger partial charge in [-0.05, 0) is 23.6 Å². The SMILES string of the molecule is [O-]/C(=N\C(=Nc1ccccc1)N[n+]1ccccc1)c1ccccc1. The van der Waals surface area contributed by atoms with E-state index in [-0.39, 0.29) is 11.9 Å². The summed E-state index contributed by atoms with van der Waals surface area (Å²) in [5, 5.41) is 12.3. The third-order valence-corrected chi connectivity index (χ3v) is 3.16. The van der Waals surface area contributed by atoms with Crippen molar-refractivity contribution in [1.29, 1.82) is 0 Å². The topological polar surface area (TPSA) is 63.7 Å². The molecule has 24 heavy (non-hydrogen) atoms. The van der Waals surface area contributed by atoms with E-state index in [2.05, 4.69) is 15.4 Å². The van der Waals surface area contributed by atoms with Crippen molar-refractivity contribution >= 4 is 17.5 Å². The van der Waals surface area contributed by atoms with Gasteiger partial charge in [0.05, 0.1) is 5.69 Å². The Morgan fingerprint density at radius 2 is 1.38 bits per heavy atom. The lowest BCUT2D eigenvalue weighted by Gasteiger charge is -2.11. The van der Waals surface area contributed by atoms with Crippen LogP contribution in [0.25, 0.3) is 0 Å². The molecule has 2 aromatic carbocycles. The summed E-state index contributed by atoms with van der Waals surface area (Å²) in [5.41, 5.74) is 4.23. The second-order valence-corrected chi connectivity index (χ2v) is 4.95. The standard InChI is InChI=1S/C19H16N4O/c24-18(16-10-4-1-5-11-16)21-19(20-17-12-6-2-7-13-17)22-23-14-8-3-9-15-23/h1-15H,(H-,20,21,22,24). The average molecular weight is 316 g/mol. The van der Waals surface area contributed by atoms with Gasteiger partial charge in [-0.15, -0.1) is 5.43 Å². The molecule has 3 aromatic rings. The fraction of sp³-hybridized carbons (Fsp3) is 0. The molecule has 118 valence electrons. The van der Waals surface area contributed by atoms with Crippen molar-refractivity contribution in [3.05, 3.63) is 96.8 Å². The van der Waals surface area contributed by atoms with E-state index in [0.717, 1.165) is 0 Å². The molecule has 0 atom stereocenters. The van der Waals surface area contributed by atoms with Crippen molar-refractivity contribution in [2.75, 3.05) is 5.43 Å². The maximum absolute atomic E-state index is 12.3. The summed E-state index contributed by atoms with van der Waals surface area (Å²) >= 11 is 0. The number of pyridine rings is 1. The van der Waals surface area contributed by atoms with E-state index in [4.69, 9.17) is 0 Å². The molecule has 0 amide bonds. The molecule has 0 fully saturated rings. The van der Waals surface area contributed by atoms with Gasteiger partial charge in [0.15, 0.2) is 12.4 Å². The molecule has 1 N–H and O–H groups in total. The van der Waals surface area contributed by atoms with E-state index in [9.17, 15) is 5.11 Å². The van der Waals surface area contributed by atoms with Crippen LogP contribution >= 0.6 is 0 Å². The Hall–Kier alpha value is -3.47. The van der Waals surface area contributed by atoms with Crippen molar-refractivity contribution in [3.63, 3.8) is 0 Å². The van der Waals surface area contributed by atoms with E-state index in [1.54, 1.807) is 28.9 Å². The van der Waals surface area contributed by atoms with E-state index >= 15 is 0 Å². The molecule has 0 aliphatic heterocycles. The van der Waals surface area contributed by atoms with Gasteiger partial charge < -0.3 is 5.11 Å². The number of guanidine groups is 1. The van der Waals surface area contributed by atoms with Crippen LogP contribution in [-0.4, -0.2) is 11.9 Å². The Balaban J connectivity index is 1.94. The Labute approximate surface area is 140 Å². The molecule has 0 saturated carbocycles. The van der Waals surface area contributed by atoms with Gasteiger partial charge in [0, 0.05) is 12.1 Å². The molecule has 5 heteroatoms. The lowest BCUT2D eigenvalue weighted by atomic mass is 10.2. The molecule has 1 heterocycles. The number of nitrogens with one attached hydrogen (secondary N) is 1. The van der Waals surface area contributed by atoms with Crippen molar-refractivity contribution in [3.8, 4) is 0 Å². The zero-order valence-corrected chi connectivity index (χ0v) is 12.9. The number of rotatable bonds is 3. The van der Waals surface area contributed by atoms with Crippen molar-refractivity contribution in [2.45, 2.75) is 0 Å². The number of hydrogen-bond donors (Lipinski definition) is 1. The van der Waals surface area contributed by atoms with Crippen LogP contribution in [0.2, 0.25) is 0 Å². The van der Waals surface area contributed by atoms with Crippen LogP contribution in [-0.2, 0) is 0 Å². The van der Waals surface area contributed by atoms with Crippen molar-refractivity contribution in [2.24, 2.45) is 9.98 Å². The van der Waals surface area contributed by atoms with E-state index in [1.807, 2.05) is 67.0 Å². The third-order valence-electron chi connectivity index (χ3n) is 3.16. The van der Waals surface area contributed by atoms with Crippen LogP contribution in [0.5, 0.6) is 0 Å².